The van der Waals surface area contributed by atoms with Gasteiger partial charge in [0.15, 0.2) is 5.65 Å². The molecule has 15 heavy (non-hydrogen) atoms. The molecule has 0 aromatic carbocycles. The highest BCUT2D eigenvalue weighted by Gasteiger charge is 2.17. The average molecular weight is 202 g/mol. The molecule has 1 fully saturated rings. The number of nitrogens with zero attached hydrogens (tertiary/aromatic N) is 3. The normalized spacial score (nSPS) is 17.6. The number of aromatic amines is 1. The molecule has 2 aromatic rings. The Bertz CT molecular complexity index is 456. The van der Waals surface area contributed by atoms with Gasteiger partial charge in [0.25, 0.3) is 0 Å². The molecule has 0 radical (unpaired) electrons. The van der Waals surface area contributed by atoms with E-state index >= 15 is 0 Å². The minimum absolute atomic E-state index is 0.790. The molecule has 78 valence electrons. The van der Waals surface area contributed by atoms with E-state index in [1.165, 1.54) is 25.7 Å². The molecule has 0 atom stereocenters. The van der Waals surface area contributed by atoms with E-state index in [-0.39, 0.29) is 0 Å². The summed E-state index contributed by atoms with van der Waals surface area (Å²) in [5.41, 5.74) is 2.94. The Labute approximate surface area is 88.2 Å². The lowest BCUT2D eigenvalue weighted by Crippen LogP contribution is -2.02. The van der Waals surface area contributed by atoms with Gasteiger partial charge in [0, 0.05) is 0 Å². The zero-order valence-corrected chi connectivity index (χ0v) is 8.61. The molecular formula is C11H14N4. The van der Waals surface area contributed by atoms with Crippen LogP contribution in [-0.2, 0) is 6.42 Å². The third-order valence-electron chi connectivity index (χ3n) is 3.26. The monoisotopic (exact) mass is 202 g/mol. The first kappa shape index (κ1) is 8.83. The Kier molecular flexibility index (Phi) is 2.12. The number of aromatic nitrogens is 4. The van der Waals surface area contributed by atoms with Gasteiger partial charge in [-0.2, -0.15) is 0 Å². The Hall–Kier alpha value is -1.45. The largest absolute Gasteiger partial charge is 0.342 e. The van der Waals surface area contributed by atoms with Crippen LogP contribution in [0.15, 0.2) is 12.7 Å². The van der Waals surface area contributed by atoms with Gasteiger partial charge in [-0.15, -0.1) is 0 Å². The lowest BCUT2D eigenvalue weighted by Gasteiger charge is -2.07. The first-order chi connectivity index (χ1) is 7.43. The summed E-state index contributed by atoms with van der Waals surface area (Å²) in [5, 5.41) is 0. The first-order valence-corrected chi connectivity index (χ1v) is 5.56. The zero-order chi connectivity index (χ0) is 10.1. The standard InChI is InChI=1S/C11H14N4/c1-2-4-8(3-1)5-9-10-11(14-6-12-9)15-7-13-10/h6-8H,1-5H2,(H,12,13,14,15). The van der Waals surface area contributed by atoms with Crippen LogP contribution in [0.2, 0.25) is 0 Å². The Morgan fingerprint density at radius 1 is 1.20 bits per heavy atom. The van der Waals surface area contributed by atoms with Crippen molar-refractivity contribution >= 4 is 11.2 Å². The van der Waals surface area contributed by atoms with Crippen LogP contribution in [0.5, 0.6) is 0 Å². The third kappa shape index (κ3) is 1.60. The summed E-state index contributed by atoms with van der Waals surface area (Å²) in [7, 11) is 0. The second-order valence-corrected chi connectivity index (χ2v) is 4.28. The molecule has 1 aliphatic rings. The summed E-state index contributed by atoms with van der Waals surface area (Å²) in [6, 6.07) is 0. The highest BCUT2D eigenvalue weighted by Crippen LogP contribution is 2.28. The number of rotatable bonds is 2. The van der Waals surface area contributed by atoms with Gasteiger partial charge in [-0.25, -0.2) is 15.0 Å². The second-order valence-electron chi connectivity index (χ2n) is 4.28. The summed E-state index contributed by atoms with van der Waals surface area (Å²) in [6.45, 7) is 0. The summed E-state index contributed by atoms with van der Waals surface area (Å²) >= 11 is 0. The predicted molar refractivity (Wildman–Crippen MR) is 57.3 cm³/mol. The Morgan fingerprint density at radius 2 is 2.07 bits per heavy atom. The Morgan fingerprint density at radius 3 is 2.93 bits per heavy atom. The number of H-pyrrole nitrogens is 1. The molecule has 0 bridgehead atoms. The van der Waals surface area contributed by atoms with Gasteiger partial charge < -0.3 is 4.98 Å². The molecule has 0 saturated heterocycles. The maximum absolute atomic E-state index is 4.36. The van der Waals surface area contributed by atoms with E-state index in [4.69, 9.17) is 0 Å². The molecule has 4 heteroatoms. The van der Waals surface area contributed by atoms with Crippen LogP contribution >= 0.6 is 0 Å². The van der Waals surface area contributed by atoms with Crippen LogP contribution < -0.4 is 0 Å². The number of nitrogens with one attached hydrogen (secondary N) is 1. The van der Waals surface area contributed by atoms with E-state index in [0.29, 0.717) is 0 Å². The van der Waals surface area contributed by atoms with E-state index in [1.54, 1.807) is 12.7 Å². The van der Waals surface area contributed by atoms with Crippen molar-refractivity contribution in [2.45, 2.75) is 32.1 Å². The number of hydrogen-bond donors (Lipinski definition) is 1. The van der Waals surface area contributed by atoms with Crippen LogP contribution in [0.1, 0.15) is 31.4 Å². The average Bonchev–Trinajstić information content (AvgIpc) is 2.87. The molecule has 0 spiro atoms. The van der Waals surface area contributed by atoms with Crippen molar-refractivity contribution in [3.63, 3.8) is 0 Å². The minimum Gasteiger partial charge on any atom is -0.342 e. The summed E-state index contributed by atoms with van der Waals surface area (Å²) in [6.07, 6.45) is 9.83. The van der Waals surface area contributed by atoms with E-state index in [0.717, 1.165) is 29.2 Å². The molecule has 1 saturated carbocycles. The van der Waals surface area contributed by atoms with Crippen LogP contribution in [0.25, 0.3) is 11.2 Å². The number of fused-ring (bicyclic) bond motifs is 1. The van der Waals surface area contributed by atoms with Crippen molar-refractivity contribution in [1.82, 2.24) is 19.9 Å². The van der Waals surface area contributed by atoms with Crippen molar-refractivity contribution in [2.24, 2.45) is 5.92 Å². The van der Waals surface area contributed by atoms with Gasteiger partial charge in [0.2, 0.25) is 0 Å². The highest BCUT2D eigenvalue weighted by atomic mass is 15.0. The summed E-state index contributed by atoms with van der Waals surface area (Å²) < 4.78 is 0. The van der Waals surface area contributed by atoms with Crippen molar-refractivity contribution in [3.8, 4) is 0 Å². The lowest BCUT2D eigenvalue weighted by atomic mass is 10.0. The Balaban J connectivity index is 1.92. The SMILES string of the molecule is c1nc(CC2CCCC2)c2[nH]cnc2n1. The molecule has 0 unspecified atom stereocenters. The number of hydrogen-bond acceptors (Lipinski definition) is 3. The van der Waals surface area contributed by atoms with Crippen LogP contribution in [0.4, 0.5) is 0 Å². The quantitative estimate of drug-likeness (QED) is 0.811. The van der Waals surface area contributed by atoms with Crippen molar-refractivity contribution in [2.75, 3.05) is 0 Å². The fourth-order valence-electron chi connectivity index (χ4n) is 2.46. The van der Waals surface area contributed by atoms with Gasteiger partial charge in [-0.05, 0) is 12.3 Å². The molecule has 0 aliphatic heterocycles. The third-order valence-corrected chi connectivity index (χ3v) is 3.26. The topological polar surface area (TPSA) is 54.5 Å². The maximum atomic E-state index is 4.36. The van der Waals surface area contributed by atoms with Gasteiger partial charge in [-0.3, -0.25) is 0 Å². The van der Waals surface area contributed by atoms with Crippen molar-refractivity contribution < 1.29 is 0 Å². The molecule has 2 heterocycles. The molecule has 1 N–H and O–H groups in total. The molecule has 3 rings (SSSR count). The van der Waals surface area contributed by atoms with E-state index in [2.05, 4.69) is 19.9 Å². The van der Waals surface area contributed by atoms with E-state index in [1.807, 2.05) is 0 Å². The fraction of sp³-hybridized carbons (Fsp3) is 0.545. The van der Waals surface area contributed by atoms with Crippen molar-refractivity contribution in [1.29, 1.82) is 0 Å². The maximum Gasteiger partial charge on any atom is 0.180 e. The first-order valence-electron chi connectivity index (χ1n) is 5.56. The van der Waals surface area contributed by atoms with Gasteiger partial charge in [0.05, 0.1) is 12.0 Å². The summed E-state index contributed by atoms with van der Waals surface area (Å²) in [5.74, 6) is 0.811. The van der Waals surface area contributed by atoms with Gasteiger partial charge in [0.1, 0.15) is 11.8 Å². The summed E-state index contributed by atoms with van der Waals surface area (Å²) in [4.78, 5) is 15.8. The second kappa shape index (κ2) is 3.61. The van der Waals surface area contributed by atoms with Crippen molar-refractivity contribution in [3.05, 3.63) is 18.3 Å². The van der Waals surface area contributed by atoms with Crippen LogP contribution in [-0.4, -0.2) is 19.9 Å². The predicted octanol–water partition coefficient (Wildman–Crippen LogP) is 2.09. The zero-order valence-electron chi connectivity index (χ0n) is 8.61. The van der Waals surface area contributed by atoms with Crippen LogP contribution in [0, 0.1) is 5.92 Å². The van der Waals surface area contributed by atoms with Crippen LogP contribution in [0.3, 0.4) is 0 Å². The molecule has 2 aromatic heterocycles. The fourth-order valence-corrected chi connectivity index (χ4v) is 2.46. The lowest BCUT2D eigenvalue weighted by molar-refractivity contribution is 0.540. The van der Waals surface area contributed by atoms with E-state index in [9.17, 15) is 0 Å². The smallest absolute Gasteiger partial charge is 0.180 e. The molecule has 4 nitrogen and oxygen atoms in total. The minimum atomic E-state index is 0.790. The highest BCUT2D eigenvalue weighted by molar-refractivity contribution is 5.71. The number of imidazole rings is 1. The molecular weight excluding hydrogens is 188 g/mol. The van der Waals surface area contributed by atoms with E-state index < -0.39 is 0 Å². The van der Waals surface area contributed by atoms with Gasteiger partial charge >= 0.3 is 0 Å². The molecule has 1 aliphatic carbocycles. The van der Waals surface area contributed by atoms with Gasteiger partial charge in [-0.1, -0.05) is 25.7 Å². The molecule has 0 amide bonds.